The van der Waals surface area contributed by atoms with Gasteiger partial charge in [-0.05, 0) is 17.7 Å². The number of nitro benzene ring substituents is 1. The number of nitrogens with zero attached hydrogens (tertiary/aromatic N) is 2. The molecule has 1 saturated heterocycles. The number of phenols is 1. The maximum Gasteiger partial charge on any atom is 0.295 e. The van der Waals surface area contributed by atoms with Gasteiger partial charge in [0, 0.05) is 24.2 Å². The number of aliphatic hydroxyl groups is 2. The minimum Gasteiger partial charge on any atom is -0.508 e. The van der Waals surface area contributed by atoms with Gasteiger partial charge in [-0.15, -0.1) is 0 Å². The summed E-state index contributed by atoms with van der Waals surface area (Å²) in [4.78, 5) is 37.2. The number of ether oxygens (including phenoxy) is 1. The number of carbonyl (C=O) groups is 2. The van der Waals surface area contributed by atoms with Crippen LogP contribution in [0.2, 0.25) is 0 Å². The maximum absolute atomic E-state index is 12.8. The number of likely N-dealkylation sites (tertiary alicyclic amines) is 1. The van der Waals surface area contributed by atoms with Crippen molar-refractivity contribution in [3.63, 3.8) is 0 Å². The monoisotopic (exact) mass is 428 g/mol. The number of hydrogen-bond acceptors (Lipinski definition) is 8. The van der Waals surface area contributed by atoms with Crippen molar-refractivity contribution in [1.29, 1.82) is 0 Å². The number of benzene rings is 2. The molecule has 2 aromatic rings. The van der Waals surface area contributed by atoms with Crippen molar-refractivity contribution in [2.75, 3.05) is 26.4 Å². The van der Waals surface area contributed by atoms with Crippen molar-refractivity contribution >= 4 is 23.1 Å². The Morgan fingerprint density at radius 3 is 2.48 bits per heavy atom. The second-order valence-corrected chi connectivity index (χ2v) is 6.73. The molecule has 1 atom stereocenters. The van der Waals surface area contributed by atoms with Crippen LogP contribution < -0.4 is 0 Å². The number of rotatable bonds is 8. The van der Waals surface area contributed by atoms with Crippen LogP contribution in [0, 0.1) is 10.1 Å². The topological polar surface area (TPSA) is 150 Å². The molecule has 10 heteroatoms. The zero-order valence-corrected chi connectivity index (χ0v) is 16.3. The van der Waals surface area contributed by atoms with E-state index in [-0.39, 0.29) is 48.9 Å². The fraction of sp³-hybridized carbons (Fsp3) is 0.238. The van der Waals surface area contributed by atoms with Crippen LogP contribution in [0.3, 0.4) is 0 Å². The predicted molar refractivity (Wildman–Crippen MR) is 108 cm³/mol. The van der Waals surface area contributed by atoms with Crippen molar-refractivity contribution in [1.82, 2.24) is 4.90 Å². The minimum atomic E-state index is -0.988. The first-order valence-corrected chi connectivity index (χ1v) is 9.36. The average Bonchev–Trinajstić information content (AvgIpc) is 3.01. The average molecular weight is 428 g/mol. The summed E-state index contributed by atoms with van der Waals surface area (Å²) in [6.07, 6.45) is 0. The summed E-state index contributed by atoms with van der Waals surface area (Å²) in [6, 6.07) is 9.90. The molecule has 0 unspecified atom stereocenters. The fourth-order valence-corrected chi connectivity index (χ4v) is 3.37. The van der Waals surface area contributed by atoms with E-state index in [0.717, 1.165) is 6.07 Å². The molecule has 3 rings (SSSR count). The van der Waals surface area contributed by atoms with Gasteiger partial charge >= 0.3 is 0 Å². The Hall–Kier alpha value is -3.76. The van der Waals surface area contributed by atoms with Crippen LogP contribution in [0.15, 0.2) is 54.1 Å². The Morgan fingerprint density at radius 1 is 1.13 bits per heavy atom. The van der Waals surface area contributed by atoms with E-state index in [1.807, 2.05) is 0 Å². The highest BCUT2D eigenvalue weighted by Crippen LogP contribution is 2.39. The van der Waals surface area contributed by atoms with E-state index >= 15 is 0 Å². The molecule has 0 aromatic heterocycles. The fourth-order valence-electron chi connectivity index (χ4n) is 3.37. The third-order valence-corrected chi connectivity index (χ3v) is 4.79. The minimum absolute atomic E-state index is 0.00182. The van der Waals surface area contributed by atoms with Gasteiger partial charge in [-0.25, -0.2) is 0 Å². The van der Waals surface area contributed by atoms with Crippen molar-refractivity contribution in [3.05, 3.63) is 75.3 Å². The van der Waals surface area contributed by atoms with Crippen molar-refractivity contribution < 1.29 is 34.6 Å². The molecule has 3 N–H and O–H groups in total. The highest BCUT2D eigenvalue weighted by atomic mass is 16.6. The molecule has 0 bridgehead atoms. The number of carbonyl (C=O) groups excluding carboxylic acids is 2. The molecule has 0 radical (unpaired) electrons. The molecule has 1 amide bonds. The molecular weight excluding hydrogens is 408 g/mol. The smallest absolute Gasteiger partial charge is 0.295 e. The summed E-state index contributed by atoms with van der Waals surface area (Å²) in [7, 11) is 0. The molecule has 1 heterocycles. The van der Waals surface area contributed by atoms with Gasteiger partial charge in [-0.3, -0.25) is 19.7 Å². The highest BCUT2D eigenvalue weighted by Gasteiger charge is 2.46. The molecule has 1 aliphatic heterocycles. The number of phenolic OH excluding ortho intramolecular Hbond substituents is 1. The van der Waals surface area contributed by atoms with Gasteiger partial charge in [0.05, 0.1) is 36.4 Å². The van der Waals surface area contributed by atoms with Crippen LogP contribution in [0.1, 0.15) is 17.2 Å². The lowest BCUT2D eigenvalue weighted by molar-refractivity contribution is -0.384. The number of aromatic hydroxyl groups is 1. The summed E-state index contributed by atoms with van der Waals surface area (Å²) >= 11 is 0. The van der Waals surface area contributed by atoms with E-state index in [1.54, 1.807) is 0 Å². The summed E-state index contributed by atoms with van der Waals surface area (Å²) in [5.74, 6) is -2.37. The predicted octanol–water partition coefficient (Wildman–Crippen LogP) is 1.73. The van der Waals surface area contributed by atoms with Gasteiger partial charge in [-0.1, -0.05) is 24.3 Å². The first kappa shape index (κ1) is 21.9. The molecule has 2 aromatic carbocycles. The molecule has 31 heavy (non-hydrogen) atoms. The van der Waals surface area contributed by atoms with Crippen LogP contribution >= 0.6 is 0 Å². The number of non-ortho nitro benzene ring substituents is 1. The van der Waals surface area contributed by atoms with Crippen LogP contribution in [-0.2, 0) is 14.3 Å². The maximum atomic E-state index is 12.8. The standard InChI is InChI=1S/C21H20N2O8/c24-9-11-31-10-8-22-18(13-4-6-16(25)7-5-13)17(20(27)21(22)28)19(26)14-2-1-3-15(12-14)23(29)30/h1-7,12,18,24-26H,8-11H2/t18-/m1/s1. The largest absolute Gasteiger partial charge is 0.508 e. The second-order valence-electron chi connectivity index (χ2n) is 6.73. The van der Waals surface area contributed by atoms with Crippen molar-refractivity contribution in [2.24, 2.45) is 0 Å². The SMILES string of the molecule is O=C1C(=O)N(CCOCCO)[C@H](c2ccc(O)cc2)C1=C(O)c1cccc([N+](=O)[O-])c1. The first-order valence-electron chi connectivity index (χ1n) is 9.36. The van der Waals surface area contributed by atoms with E-state index in [9.17, 15) is 29.9 Å². The quantitative estimate of drug-likeness (QED) is 0.144. The lowest BCUT2D eigenvalue weighted by Gasteiger charge is -2.25. The van der Waals surface area contributed by atoms with Gasteiger partial charge in [0.2, 0.25) is 0 Å². The third kappa shape index (κ3) is 4.55. The van der Waals surface area contributed by atoms with Gasteiger partial charge in [0.15, 0.2) is 0 Å². The Balaban J connectivity index is 2.09. The van der Waals surface area contributed by atoms with Crippen LogP contribution in [0.5, 0.6) is 5.75 Å². The molecule has 0 aliphatic carbocycles. The van der Waals surface area contributed by atoms with Gasteiger partial charge in [0.25, 0.3) is 17.4 Å². The van der Waals surface area contributed by atoms with Gasteiger partial charge in [0.1, 0.15) is 11.5 Å². The Bertz CT molecular complexity index is 1030. The van der Waals surface area contributed by atoms with E-state index in [1.165, 1.54) is 47.4 Å². The highest BCUT2D eigenvalue weighted by molar-refractivity contribution is 6.46. The summed E-state index contributed by atoms with van der Waals surface area (Å²) in [6.45, 7) is -0.102. The molecule has 1 aliphatic rings. The molecule has 1 fully saturated rings. The normalized spacial score (nSPS) is 17.8. The second kappa shape index (κ2) is 9.37. The van der Waals surface area contributed by atoms with Crippen molar-refractivity contribution in [2.45, 2.75) is 6.04 Å². The zero-order valence-electron chi connectivity index (χ0n) is 16.3. The van der Waals surface area contributed by atoms with Crippen molar-refractivity contribution in [3.8, 4) is 5.75 Å². The summed E-state index contributed by atoms with van der Waals surface area (Å²) in [5, 5.41) is 40.4. The first-order chi connectivity index (χ1) is 14.8. The number of hydrogen-bond donors (Lipinski definition) is 3. The van der Waals surface area contributed by atoms with Gasteiger partial charge in [-0.2, -0.15) is 0 Å². The Labute approximate surface area is 176 Å². The zero-order chi connectivity index (χ0) is 22.5. The molecule has 162 valence electrons. The van der Waals surface area contributed by atoms with E-state index in [2.05, 4.69) is 0 Å². The van der Waals surface area contributed by atoms with Crippen LogP contribution in [0.25, 0.3) is 5.76 Å². The van der Waals surface area contributed by atoms with E-state index in [0.29, 0.717) is 5.56 Å². The lowest BCUT2D eigenvalue weighted by Crippen LogP contribution is -2.33. The number of amides is 1. The number of nitro groups is 1. The van der Waals surface area contributed by atoms with E-state index in [4.69, 9.17) is 9.84 Å². The molecule has 0 saturated carbocycles. The lowest BCUT2D eigenvalue weighted by atomic mass is 9.95. The number of Topliss-reactive ketones (excluding diaryl/α,β-unsaturated/α-hetero) is 1. The third-order valence-electron chi connectivity index (χ3n) is 4.79. The van der Waals surface area contributed by atoms with Crippen LogP contribution in [-0.4, -0.2) is 63.2 Å². The number of aliphatic hydroxyl groups excluding tert-OH is 2. The Kier molecular flexibility index (Phi) is 6.63. The number of ketones is 1. The van der Waals surface area contributed by atoms with Crippen LogP contribution in [0.4, 0.5) is 5.69 Å². The summed E-state index contributed by atoms with van der Waals surface area (Å²) in [5.41, 5.74) is -0.0335. The van der Waals surface area contributed by atoms with Gasteiger partial charge < -0.3 is 25.0 Å². The Morgan fingerprint density at radius 2 is 1.84 bits per heavy atom. The summed E-state index contributed by atoms with van der Waals surface area (Å²) < 4.78 is 5.21. The van der Waals surface area contributed by atoms with E-state index < -0.39 is 28.4 Å². The molecule has 0 spiro atoms. The molecule has 10 nitrogen and oxygen atoms in total. The molecular formula is C21H20N2O8.